The molecular formula is C22H26N6O5S. The lowest BCUT2D eigenvalue weighted by molar-refractivity contribution is 0.102. The van der Waals surface area contributed by atoms with E-state index < -0.39 is 17.0 Å². The number of nitrogen functional groups attached to an aromatic ring is 1. The van der Waals surface area contributed by atoms with E-state index in [9.17, 15) is 14.4 Å². The highest BCUT2D eigenvalue weighted by Crippen LogP contribution is 2.21. The van der Waals surface area contributed by atoms with Gasteiger partial charge in [-0.1, -0.05) is 30.0 Å². The highest BCUT2D eigenvalue weighted by molar-refractivity contribution is 7.99. The Bertz CT molecular complexity index is 1300. The Labute approximate surface area is 199 Å². The van der Waals surface area contributed by atoms with Crippen molar-refractivity contribution in [3.63, 3.8) is 0 Å². The monoisotopic (exact) mass is 486 g/mol. The minimum Gasteiger partial charge on any atom is -0.486 e. The Kier molecular flexibility index (Phi) is 8.44. The van der Waals surface area contributed by atoms with E-state index in [1.54, 1.807) is 10.6 Å². The van der Waals surface area contributed by atoms with Gasteiger partial charge >= 0.3 is 5.69 Å². The number of hydrogen-bond acceptors (Lipinski definition) is 9. The number of aromatic nitrogens is 5. The number of rotatable bonds is 12. The minimum atomic E-state index is -0.832. The van der Waals surface area contributed by atoms with Crippen LogP contribution in [0.3, 0.4) is 0 Å². The predicted molar refractivity (Wildman–Crippen MR) is 128 cm³/mol. The third kappa shape index (κ3) is 5.83. The lowest BCUT2D eigenvalue weighted by Crippen LogP contribution is -2.37. The van der Waals surface area contributed by atoms with Crippen LogP contribution in [0.25, 0.3) is 0 Å². The van der Waals surface area contributed by atoms with Gasteiger partial charge in [-0.2, -0.15) is 0 Å². The first-order chi connectivity index (χ1) is 16.3. The van der Waals surface area contributed by atoms with Gasteiger partial charge in [0.15, 0.2) is 16.8 Å². The van der Waals surface area contributed by atoms with Crippen LogP contribution < -0.4 is 21.7 Å². The van der Waals surface area contributed by atoms with Gasteiger partial charge in [-0.05, 0) is 24.6 Å². The number of hydrogen-bond donors (Lipinski definition) is 2. The number of ether oxygens (including phenoxy) is 2. The lowest BCUT2D eigenvalue weighted by atomic mass is 10.2. The second-order valence-electron chi connectivity index (χ2n) is 7.28. The fourth-order valence-corrected chi connectivity index (χ4v) is 4.00. The van der Waals surface area contributed by atoms with E-state index in [2.05, 4.69) is 21.8 Å². The summed E-state index contributed by atoms with van der Waals surface area (Å²) in [5.74, 6) is 0.388. The molecule has 3 rings (SSSR count). The molecule has 0 unspecified atom stereocenters. The van der Waals surface area contributed by atoms with Crippen molar-refractivity contribution in [2.45, 2.75) is 31.8 Å². The molecule has 0 radical (unpaired) electrons. The molecule has 12 heteroatoms. The number of Topliss-reactive ketones (excluding diaryl/α,β-unsaturated/α-hetero) is 1. The molecule has 0 aliphatic heterocycles. The van der Waals surface area contributed by atoms with E-state index in [-0.39, 0.29) is 36.9 Å². The maximum atomic E-state index is 12.8. The molecule has 0 fully saturated rings. The number of benzene rings is 1. The number of aryl methyl sites for hydroxylation is 1. The number of nitrogens with one attached hydrogen (secondary N) is 1. The quantitative estimate of drug-likeness (QED) is 0.220. The van der Waals surface area contributed by atoms with Crippen molar-refractivity contribution >= 4 is 23.4 Å². The summed E-state index contributed by atoms with van der Waals surface area (Å²) in [5.41, 5.74) is 5.24. The predicted octanol–water partition coefficient (Wildman–Crippen LogP) is 1.41. The highest BCUT2D eigenvalue weighted by atomic mass is 32.2. The number of aromatic amines is 1. The average molecular weight is 487 g/mol. The van der Waals surface area contributed by atoms with Crippen LogP contribution in [0, 0.1) is 6.92 Å². The Hall–Kier alpha value is -3.64. The topological polar surface area (TPSA) is 147 Å². The summed E-state index contributed by atoms with van der Waals surface area (Å²) < 4.78 is 13.6. The number of ketones is 1. The molecule has 0 amide bonds. The number of methoxy groups -OCH3 is 1. The molecule has 2 heterocycles. The van der Waals surface area contributed by atoms with Crippen molar-refractivity contribution in [3.05, 3.63) is 74.7 Å². The fourth-order valence-electron chi connectivity index (χ4n) is 3.16. The van der Waals surface area contributed by atoms with Gasteiger partial charge in [-0.25, -0.2) is 4.79 Å². The smallest absolute Gasteiger partial charge is 0.330 e. The molecule has 3 N–H and O–H groups in total. The number of carbonyl (C=O) groups excluding carboxylic acids is 1. The van der Waals surface area contributed by atoms with E-state index in [0.717, 1.165) is 21.9 Å². The first kappa shape index (κ1) is 25.0. The van der Waals surface area contributed by atoms with E-state index in [1.807, 2.05) is 31.2 Å². The lowest BCUT2D eigenvalue weighted by Gasteiger charge is -2.12. The molecule has 180 valence electrons. The van der Waals surface area contributed by atoms with Crippen molar-refractivity contribution in [1.29, 1.82) is 0 Å². The highest BCUT2D eigenvalue weighted by Gasteiger charge is 2.21. The van der Waals surface area contributed by atoms with Crippen LogP contribution in [0.2, 0.25) is 0 Å². The first-order valence-electron chi connectivity index (χ1n) is 10.4. The van der Waals surface area contributed by atoms with Crippen LogP contribution >= 0.6 is 11.8 Å². The maximum Gasteiger partial charge on any atom is 0.330 e. The standard InChI is InChI=1S/C22H26N6O5S/c1-4-8-27-17(12-33-15-7-5-6-14(2)11-15)25-26-22(27)34-13-16(29)18-19(23)28(9-10-32-3)21(31)24-20(18)30/h4-7,11H,1,8-10,12-13,23H2,2-3H3,(H,24,30,31). The summed E-state index contributed by atoms with van der Waals surface area (Å²) in [6.45, 7) is 6.60. The second-order valence-corrected chi connectivity index (χ2v) is 8.22. The van der Waals surface area contributed by atoms with Crippen molar-refractivity contribution in [2.75, 3.05) is 25.2 Å². The largest absolute Gasteiger partial charge is 0.486 e. The second kappa shape index (κ2) is 11.5. The zero-order chi connectivity index (χ0) is 24.7. The average Bonchev–Trinajstić information content (AvgIpc) is 3.17. The number of carbonyl (C=O) groups is 1. The Morgan fingerprint density at radius 3 is 2.79 bits per heavy atom. The molecule has 1 aromatic carbocycles. The normalized spacial score (nSPS) is 10.9. The van der Waals surface area contributed by atoms with E-state index in [1.165, 1.54) is 7.11 Å². The van der Waals surface area contributed by atoms with Crippen LogP contribution in [0.5, 0.6) is 5.75 Å². The number of anilines is 1. The zero-order valence-corrected chi connectivity index (χ0v) is 19.8. The molecule has 0 aliphatic rings. The maximum absolute atomic E-state index is 12.8. The molecule has 0 spiro atoms. The van der Waals surface area contributed by atoms with E-state index >= 15 is 0 Å². The van der Waals surface area contributed by atoms with Crippen LogP contribution in [0.15, 0.2) is 51.7 Å². The van der Waals surface area contributed by atoms with Gasteiger partial charge in [0.2, 0.25) is 0 Å². The van der Waals surface area contributed by atoms with Gasteiger partial charge in [0.25, 0.3) is 5.56 Å². The van der Waals surface area contributed by atoms with Crippen molar-refractivity contribution in [1.82, 2.24) is 24.3 Å². The molecule has 0 aliphatic carbocycles. The molecule has 11 nitrogen and oxygen atoms in total. The molecule has 3 aromatic rings. The van der Waals surface area contributed by atoms with Gasteiger partial charge in [0.1, 0.15) is 23.7 Å². The number of nitrogens with zero attached hydrogens (tertiary/aromatic N) is 4. The Balaban J connectivity index is 1.76. The minimum absolute atomic E-state index is 0.101. The van der Waals surface area contributed by atoms with Crippen LogP contribution in [-0.4, -0.2) is 49.6 Å². The molecule has 0 saturated carbocycles. The van der Waals surface area contributed by atoms with E-state index in [0.29, 0.717) is 23.3 Å². The summed E-state index contributed by atoms with van der Waals surface area (Å²) in [6.07, 6.45) is 1.68. The number of nitrogens with two attached hydrogens (primary N) is 1. The van der Waals surface area contributed by atoms with Gasteiger partial charge in [-0.15, -0.1) is 16.8 Å². The van der Waals surface area contributed by atoms with Crippen molar-refractivity contribution in [2.24, 2.45) is 0 Å². The molecule has 0 bridgehead atoms. The summed E-state index contributed by atoms with van der Waals surface area (Å²) >= 11 is 1.10. The van der Waals surface area contributed by atoms with Crippen LogP contribution in [0.1, 0.15) is 21.7 Å². The zero-order valence-electron chi connectivity index (χ0n) is 18.9. The first-order valence-corrected chi connectivity index (χ1v) is 11.3. The number of H-pyrrole nitrogens is 1. The molecule has 0 atom stereocenters. The summed E-state index contributed by atoms with van der Waals surface area (Å²) in [6, 6.07) is 7.64. The summed E-state index contributed by atoms with van der Waals surface area (Å²) in [5, 5.41) is 8.79. The third-order valence-electron chi connectivity index (χ3n) is 4.83. The summed E-state index contributed by atoms with van der Waals surface area (Å²) in [7, 11) is 1.47. The van der Waals surface area contributed by atoms with E-state index in [4.69, 9.17) is 15.2 Å². The molecular weight excluding hydrogens is 460 g/mol. The van der Waals surface area contributed by atoms with Crippen molar-refractivity contribution < 1.29 is 14.3 Å². The molecule has 2 aromatic heterocycles. The third-order valence-corrected chi connectivity index (χ3v) is 5.80. The van der Waals surface area contributed by atoms with Crippen molar-refractivity contribution in [3.8, 4) is 5.75 Å². The van der Waals surface area contributed by atoms with Gasteiger partial charge in [0.05, 0.1) is 18.9 Å². The SMILES string of the molecule is C=CCn1c(COc2cccc(C)c2)nnc1SCC(=O)c1c(N)n(CCOC)c(=O)[nH]c1=O. The van der Waals surface area contributed by atoms with Gasteiger partial charge in [0, 0.05) is 13.7 Å². The van der Waals surface area contributed by atoms with Gasteiger partial charge < -0.3 is 15.2 Å². The van der Waals surface area contributed by atoms with Crippen LogP contribution in [0.4, 0.5) is 5.82 Å². The van der Waals surface area contributed by atoms with Gasteiger partial charge in [-0.3, -0.25) is 23.7 Å². The van der Waals surface area contributed by atoms with Crippen LogP contribution in [-0.2, 0) is 24.4 Å². The molecule has 34 heavy (non-hydrogen) atoms. The molecule has 0 saturated heterocycles. The fraction of sp³-hybridized carbons (Fsp3) is 0.318. The Morgan fingerprint density at radius 2 is 2.09 bits per heavy atom. The summed E-state index contributed by atoms with van der Waals surface area (Å²) in [4.78, 5) is 39.3. The Morgan fingerprint density at radius 1 is 1.29 bits per heavy atom. The number of allylic oxidation sites excluding steroid dienone is 1. The number of thioether (sulfide) groups is 1.